The van der Waals surface area contributed by atoms with Crippen molar-refractivity contribution in [2.75, 3.05) is 0 Å². The van der Waals surface area contributed by atoms with Crippen molar-refractivity contribution in [3.05, 3.63) is 54.6 Å². The van der Waals surface area contributed by atoms with Crippen LogP contribution in [0.3, 0.4) is 0 Å². The number of aliphatic hydroxyl groups is 1. The predicted octanol–water partition coefficient (Wildman–Crippen LogP) is 1.81. The second-order valence-corrected chi connectivity index (χ2v) is 6.72. The van der Waals surface area contributed by atoms with Crippen LogP contribution in [-0.4, -0.2) is 45.8 Å². The third kappa shape index (κ3) is 3.97. The van der Waals surface area contributed by atoms with Gasteiger partial charge in [-0.05, 0) is 38.1 Å². The fraction of sp³-hybridized carbons (Fsp3) is 0.375. The molecule has 2 heterocycles. The summed E-state index contributed by atoms with van der Waals surface area (Å²) in [5, 5.41) is 20.3. The SMILES string of the molecule is CC(C)(Oc1ccc(Cl)cc1)C(O)(Cn1cncn1)Cn1cncn1. The largest absolute Gasteiger partial charge is 0.485 e. The van der Waals surface area contributed by atoms with E-state index in [4.69, 9.17) is 16.3 Å². The highest BCUT2D eigenvalue weighted by Crippen LogP contribution is 2.31. The molecule has 1 N–H and O–H groups in total. The maximum Gasteiger partial charge on any atom is 0.143 e. The summed E-state index contributed by atoms with van der Waals surface area (Å²) >= 11 is 5.92. The molecule has 1 aromatic carbocycles. The van der Waals surface area contributed by atoms with Crippen molar-refractivity contribution in [1.29, 1.82) is 0 Å². The maximum absolute atomic E-state index is 11.5. The number of benzene rings is 1. The van der Waals surface area contributed by atoms with E-state index in [1.807, 2.05) is 13.8 Å². The minimum Gasteiger partial charge on any atom is -0.485 e. The van der Waals surface area contributed by atoms with Crippen LogP contribution < -0.4 is 4.74 Å². The van der Waals surface area contributed by atoms with Crippen LogP contribution in [0.25, 0.3) is 0 Å². The molecule has 0 aliphatic heterocycles. The van der Waals surface area contributed by atoms with Gasteiger partial charge in [-0.1, -0.05) is 11.6 Å². The van der Waals surface area contributed by atoms with E-state index in [1.54, 1.807) is 46.3 Å². The highest BCUT2D eigenvalue weighted by Gasteiger charge is 2.47. The molecule has 25 heavy (non-hydrogen) atoms. The quantitative estimate of drug-likeness (QED) is 0.689. The zero-order valence-electron chi connectivity index (χ0n) is 13.9. The second kappa shape index (κ2) is 6.81. The molecule has 0 aliphatic carbocycles. The van der Waals surface area contributed by atoms with E-state index in [0.717, 1.165) is 0 Å². The summed E-state index contributed by atoms with van der Waals surface area (Å²) < 4.78 is 9.21. The van der Waals surface area contributed by atoms with Crippen LogP contribution in [0.4, 0.5) is 0 Å². The van der Waals surface area contributed by atoms with E-state index in [0.29, 0.717) is 10.8 Å². The van der Waals surface area contributed by atoms with Gasteiger partial charge in [0, 0.05) is 5.02 Å². The Morgan fingerprint density at radius 2 is 1.52 bits per heavy atom. The summed E-state index contributed by atoms with van der Waals surface area (Å²) in [7, 11) is 0. The Kier molecular flexibility index (Phi) is 4.73. The number of aromatic nitrogens is 6. The van der Waals surface area contributed by atoms with Crippen LogP contribution >= 0.6 is 11.6 Å². The Morgan fingerprint density at radius 3 is 1.96 bits per heavy atom. The van der Waals surface area contributed by atoms with Crippen molar-refractivity contribution in [3.8, 4) is 5.75 Å². The first-order valence-corrected chi connectivity index (χ1v) is 8.08. The molecule has 0 aliphatic rings. The van der Waals surface area contributed by atoms with Gasteiger partial charge in [0.1, 0.15) is 42.3 Å². The molecule has 0 fully saturated rings. The molecule has 0 saturated heterocycles. The van der Waals surface area contributed by atoms with Crippen molar-refractivity contribution >= 4 is 11.6 Å². The molecule has 3 aromatic rings. The van der Waals surface area contributed by atoms with E-state index in [9.17, 15) is 5.11 Å². The third-order valence-electron chi connectivity index (χ3n) is 4.09. The van der Waals surface area contributed by atoms with Gasteiger partial charge in [0.15, 0.2) is 0 Å². The summed E-state index contributed by atoms with van der Waals surface area (Å²) in [6.07, 6.45) is 5.93. The normalized spacial score (nSPS) is 12.3. The lowest BCUT2D eigenvalue weighted by Gasteiger charge is -2.42. The molecule has 132 valence electrons. The molecule has 0 spiro atoms. The molecule has 2 aromatic heterocycles. The summed E-state index contributed by atoms with van der Waals surface area (Å²) in [6, 6.07) is 6.99. The maximum atomic E-state index is 11.5. The van der Waals surface area contributed by atoms with Crippen molar-refractivity contribution < 1.29 is 9.84 Å². The highest BCUT2D eigenvalue weighted by atomic mass is 35.5. The summed E-state index contributed by atoms with van der Waals surface area (Å²) in [5.74, 6) is 0.602. The van der Waals surface area contributed by atoms with Gasteiger partial charge in [-0.2, -0.15) is 10.2 Å². The van der Waals surface area contributed by atoms with Crippen molar-refractivity contribution in [2.45, 2.75) is 38.1 Å². The summed E-state index contributed by atoms with van der Waals surface area (Å²) in [4.78, 5) is 7.86. The lowest BCUT2D eigenvalue weighted by atomic mass is 9.85. The average molecular weight is 363 g/mol. The number of halogens is 1. The van der Waals surface area contributed by atoms with Gasteiger partial charge >= 0.3 is 0 Å². The first kappa shape index (κ1) is 17.4. The molecule has 3 rings (SSSR count). The number of ether oxygens (including phenoxy) is 1. The highest BCUT2D eigenvalue weighted by molar-refractivity contribution is 6.30. The number of hydrogen-bond donors (Lipinski definition) is 1. The Labute approximate surface area is 150 Å². The summed E-state index contributed by atoms with van der Waals surface area (Å²) in [6.45, 7) is 3.98. The zero-order chi connectivity index (χ0) is 17.9. The van der Waals surface area contributed by atoms with Gasteiger partial charge in [-0.25, -0.2) is 19.3 Å². The van der Waals surface area contributed by atoms with E-state index < -0.39 is 11.2 Å². The van der Waals surface area contributed by atoms with E-state index >= 15 is 0 Å². The first-order valence-electron chi connectivity index (χ1n) is 7.70. The third-order valence-corrected chi connectivity index (χ3v) is 4.34. The molecule has 9 heteroatoms. The fourth-order valence-electron chi connectivity index (χ4n) is 2.49. The first-order chi connectivity index (χ1) is 11.9. The molecule has 8 nitrogen and oxygen atoms in total. The minimum absolute atomic E-state index is 0.174. The van der Waals surface area contributed by atoms with E-state index in [1.165, 1.54) is 12.7 Å². The van der Waals surface area contributed by atoms with Crippen LogP contribution in [-0.2, 0) is 13.1 Å². The Hall–Kier alpha value is -2.45. The number of hydrogen-bond acceptors (Lipinski definition) is 6. The molecule has 0 amide bonds. The smallest absolute Gasteiger partial charge is 0.143 e. The number of rotatable bonds is 7. The van der Waals surface area contributed by atoms with Crippen LogP contribution in [0.15, 0.2) is 49.6 Å². The number of nitrogens with zero attached hydrogens (tertiary/aromatic N) is 6. The average Bonchev–Trinajstić information content (AvgIpc) is 3.23. The lowest BCUT2D eigenvalue weighted by Crippen LogP contribution is -2.59. The monoisotopic (exact) mass is 362 g/mol. The van der Waals surface area contributed by atoms with Gasteiger partial charge < -0.3 is 9.84 Å². The molecule has 0 unspecified atom stereocenters. The Bertz CT molecular complexity index is 750. The lowest BCUT2D eigenvalue weighted by molar-refractivity contribution is -0.137. The summed E-state index contributed by atoms with van der Waals surface area (Å²) in [5.41, 5.74) is -2.31. The molecule has 0 atom stereocenters. The molecular weight excluding hydrogens is 344 g/mol. The van der Waals surface area contributed by atoms with Gasteiger partial charge in [0.2, 0.25) is 0 Å². The standard InChI is InChI=1S/C16H19ClN6O2/c1-15(2,25-14-5-3-13(17)4-6-14)16(24,7-22-11-18-9-20-22)8-23-12-19-10-21-23/h3-6,9-12,24H,7-8H2,1-2H3. The van der Waals surface area contributed by atoms with Crippen LogP contribution in [0.5, 0.6) is 5.75 Å². The van der Waals surface area contributed by atoms with Gasteiger partial charge in [0.25, 0.3) is 0 Å². The Morgan fingerprint density at radius 1 is 1.00 bits per heavy atom. The predicted molar refractivity (Wildman–Crippen MR) is 91.2 cm³/mol. The zero-order valence-corrected chi connectivity index (χ0v) is 14.7. The van der Waals surface area contributed by atoms with Crippen molar-refractivity contribution in [2.24, 2.45) is 0 Å². The van der Waals surface area contributed by atoms with E-state index in [-0.39, 0.29) is 13.1 Å². The van der Waals surface area contributed by atoms with Crippen LogP contribution in [0, 0.1) is 0 Å². The topological polar surface area (TPSA) is 90.9 Å². The molecule has 0 bridgehead atoms. The van der Waals surface area contributed by atoms with Crippen LogP contribution in [0.1, 0.15) is 13.8 Å². The van der Waals surface area contributed by atoms with Crippen molar-refractivity contribution in [1.82, 2.24) is 29.5 Å². The van der Waals surface area contributed by atoms with Crippen molar-refractivity contribution in [3.63, 3.8) is 0 Å². The van der Waals surface area contributed by atoms with Crippen LogP contribution in [0.2, 0.25) is 5.02 Å². The fourth-order valence-corrected chi connectivity index (χ4v) is 2.61. The minimum atomic E-state index is -1.34. The molecule has 0 radical (unpaired) electrons. The van der Waals surface area contributed by atoms with Gasteiger partial charge in [0.05, 0.1) is 13.1 Å². The Balaban J connectivity index is 1.89. The second-order valence-electron chi connectivity index (χ2n) is 6.28. The van der Waals surface area contributed by atoms with E-state index in [2.05, 4.69) is 20.2 Å². The molecular formula is C16H19ClN6O2. The van der Waals surface area contributed by atoms with Gasteiger partial charge in [-0.15, -0.1) is 0 Å². The van der Waals surface area contributed by atoms with Gasteiger partial charge in [-0.3, -0.25) is 0 Å². The molecule has 0 saturated carbocycles.